The van der Waals surface area contributed by atoms with E-state index in [9.17, 15) is 4.79 Å². The number of benzene rings is 2. The fraction of sp³-hybridized carbons (Fsp3) is 0.300. The number of amidine groups is 1. The second-order valence-corrected chi connectivity index (χ2v) is 6.55. The Kier molecular flexibility index (Phi) is 5.21. The average Bonchev–Trinajstić information content (AvgIpc) is 2.96. The Labute approximate surface area is 158 Å². The van der Waals surface area contributed by atoms with Crippen LogP contribution in [0.4, 0.5) is 0 Å². The van der Waals surface area contributed by atoms with Gasteiger partial charge in [0.2, 0.25) is 17.5 Å². The Hall–Kier alpha value is -3.22. The van der Waals surface area contributed by atoms with Crippen LogP contribution >= 0.6 is 0 Å². The van der Waals surface area contributed by atoms with Crippen molar-refractivity contribution in [3.8, 4) is 11.5 Å². The number of hydrazine groups is 1. The molecule has 142 valence electrons. The van der Waals surface area contributed by atoms with E-state index in [0.717, 1.165) is 5.56 Å². The van der Waals surface area contributed by atoms with Crippen molar-refractivity contribution in [3.63, 3.8) is 0 Å². The maximum atomic E-state index is 12.6. The van der Waals surface area contributed by atoms with Crippen molar-refractivity contribution in [1.82, 2.24) is 10.4 Å². The number of hydrogen-bond acceptors (Lipinski definition) is 6. The Morgan fingerprint density at radius 2 is 1.89 bits per heavy atom. The Balaban J connectivity index is 1.84. The van der Waals surface area contributed by atoms with Crippen molar-refractivity contribution >= 4 is 11.7 Å². The zero-order chi connectivity index (χ0) is 19.4. The summed E-state index contributed by atoms with van der Waals surface area (Å²) in [6.07, 6.45) is 0.250. The first-order valence-corrected chi connectivity index (χ1v) is 8.57. The quantitative estimate of drug-likeness (QED) is 0.848. The normalized spacial score (nSPS) is 15.0. The highest BCUT2D eigenvalue weighted by molar-refractivity contribution is 6.02. The van der Waals surface area contributed by atoms with Crippen molar-refractivity contribution in [2.45, 2.75) is 26.0 Å². The first-order valence-electron chi connectivity index (χ1n) is 8.57. The van der Waals surface area contributed by atoms with Gasteiger partial charge in [-0.05, 0) is 31.5 Å². The summed E-state index contributed by atoms with van der Waals surface area (Å²) in [7, 11) is 3.15. The van der Waals surface area contributed by atoms with Gasteiger partial charge in [-0.3, -0.25) is 10.2 Å². The smallest absolute Gasteiger partial charge is 0.243 e. The molecular formula is C20H23N3O4. The van der Waals surface area contributed by atoms with Crippen LogP contribution in [0.3, 0.4) is 0 Å². The fourth-order valence-electron chi connectivity index (χ4n) is 2.78. The number of carbonyl (C=O) groups excluding carboxylic acids is 1. The van der Waals surface area contributed by atoms with E-state index in [4.69, 9.17) is 14.3 Å². The van der Waals surface area contributed by atoms with Crippen LogP contribution in [0.2, 0.25) is 0 Å². The highest BCUT2D eigenvalue weighted by atomic mass is 16.7. The molecule has 2 aromatic carbocycles. The average molecular weight is 369 g/mol. The van der Waals surface area contributed by atoms with Crippen LogP contribution in [0, 0.1) is 0 Å². The van der Waals surface area contributed by atoms with Gasteiger partial charge in [0.05, 0.1) is 26.2 Å². The number of nitrogens with zero attached hydrogens (tertiary/aromatic N) is 2. The predicted octanol–water partition coefficient (Wildman–Crippen LogP) is 2.71. The van der Waals surface area contributed by atoms with Crippen molar-refractivity contribution in [1.29, 1.82) is 0 Å². The minimum absolute atomic E-state index is 0.167. The number of amides is 1. The highest BCUT2D eigenvalue weighted by Gasteiger charge is 2.40. The van der Waals surface area contributed by atoms with Gasteiger partial charge in [-0.25, -0.2) is 5.01 Å². The van der Waals surface area contributed by atoms with Crippen LogP contribution < -0.4 is 14.9 Å². The molecule has 0 saturated carbocycles. The molecule has 27 heavy (non-hydrogen) atoms. The molecule has 2 aromatic rings. The summed E-state index contributed by atoms with van der Waals surface area (Å²) in [6, 6.07) is 14.9. The fourth-order valence-corrected chi connectivity index (χ4v) is 2.78. The van der Waals surface area contributed by atoms with Gasteiger partial charge >= 0.3 is 0 Å². The second-order valence-electron chi connectivity index (χ2n) is 6.55. The van der Waals surface area contributed by atoms with E-state index >= 15 is 0 Å². The minimum atomic E-state index is -0.841. The summed E-state index contributed by atoms with van der Waals surface area (Å²) in [5, 5.41) is 5.79. The van der Waals surface area contributed by atoms with Gasteiger partial charge in [0.15, 0.2) is 0 Å². The van der Waals surface area contributed by atoms with Gasteiger partial charge in [0.25, 0.3) is 0 Å². The van der Waals surface area contributed by atoms with E-state index in [1.165, 1.54) is 0 Å². The molecule has 0 radical (unpaired) electrons. The second kappa shape index (κ2) is 7.57. The lowest BCUT2D eigenvalue weighted by Gasteiger charge is -2.31. The number of carbonyl (C=O) groups is 1. The molecule has 1 aliphatic heterocycles. The summed E-state index contributed by atoms with van der Waals surface area (Å²) in [4.78, 5) is 18.1. The van der Waals surface area contributed by atoms with Crippen molar-refractivity contribution in [2.75, 3.05) is 14.2 Å². The van der Waals surface area contributed by atoms with Crippen molar-refractivity contribution < 1.29 is 19.1 Å². The molecule has 0 fully saturated rings. The van der Waals surface area contributed by atoms with E-state index in [-0.39, 0.29) is 12.3 Å². The van der Waals surface area contributed by atoms with Crippen LogP contribution in [-0.4, -0.2) is 36.7 Å². The molecule has 1 heterocycles. The third-order valence-electron chi connectivity index (χ3n) is 4.20. The zero-order valence-corrected chi connectivity index (χ0v) is 15.9. The molecular weight excluding hydrogens is 346 g/mol. The molecule has 0 bridgehead atoms. The van der Waals surface area contributed by atoms with Crippen LogP contribution in [0.1, 0.15) is 25.0 Å². The van der Waals surface area contributed by atoms with Crippen molar-refractivity contribution in [2.24, 2.45) is 5.16 Å². The van der Waals surface area contributed by atoms with E-state index < -0.39 is 5.72 Å². The van der Waals surface area contributed by atoms with Gasteiger partial charge in [0.1, 0.15) is 11.5 Å². The first kappa shape index (κ1) is 18.6. The van der Waals surface area contributed by atoms with Gasteiger partial charge in [-0.2, -0.15) is 0 Å². The first-order chi connectivity index (χ1) is 12.9. The topological polar surface area (TPSA) is 72.4 Å². The zero-order valence-electron chi connectivity index (χ0n) is 15.9. The summed E-state index contributed by atoms with van der Waals surface area (Å²) in [6.45, 7) is 3.64. The van der Waals surface area contributed by atoms with E-state index in [2.05, 4.69) is 10.6 Å². The van der Waals surface area contributed by atoms with E-state index in [1.54, 1.807) is 31.4 Å². The molecule has 7 nitrogen and oxygen atoms in total. The molecule has 0 saturated heterocycles. The minimum Gasteiger partial charge on any atom is -0.497 e. The molecule has 0 aliphatic carbocycles. The molecule has 7 heteroatoms. The van der Waals surface area contributed by atoms with E-state index in [1.807, 2.05) is 50.2 Å². The standard InChI is InChI=1S/C20H23N3O4/c1-20(2)23(21-18(24)12-14-8-6-5-7-9-14)19(22-27-20)16-11-10-15(25-3)13-17(16)26-4/h5-11,13H,12H2,1-4H3,(H,21,24). The number of ether oxygens (including phenoxy) is 2. The molecule has 0 aromatic heterocycles. The van der Waals surface area contributed by atoms with E-state index in [0.29, 0.717) is 22.9 Å². The predicted molar refractivity (Wildman–Crippen MR) is 101 cm³/mol. The molecule has 1 amide bonds. The third-order valence-corrected chi connectivity index (χ3v) is 4.20. The molecule has 1 aliphatic rings. The summed E-state index contributed by atoms with van der Waals surface area (Å²) in [5.74, 6) is 1.52. The van der Waals surface area contributed by atoms with Gasteiger partial charge in [-0.15, -0.1) is 0 Å². The van der Waals surface area contributed by atoms with Gasteiger partial charge < -0.3 is 14.3 Å². The molecule has 0 spiro atoms. The maximum absolute atomic E-state index is 12.6. The van der Waals surface area contributed by atoms with Gasteiger partial charge in [0, 0.05) is 6.07 Å². The Morgan fingerprint density at radius 1 is 1.15 bits per heavy atom. The Morgan fingerprint density at radius 3 is 2.56 bits per heavy atom. The number of rotatable bonds is 6. The van der Waals surface area contributed by atoms with Crippen molar-refractivity contribution in [3.05, 3.63) is 59.7 Å². The molecule has 0 unspecified atom stereocenters. The lowest BCUT2D eigenvalue weighted by atomic mass is 10.1. The van der Waals surface area contributed by atoms with Crippen LogP contribution in [0.15, 0.2) is 53.7 Å². The third kappa shape index (κ3) is 3.97. The van der Waals surface area contributed by atoms with Gasteiger partial charge in [-0.1, -0.05) is 35.5 Å². The Bertz CT molecular complexity index is 850. The number of oxime groups is 1. The largest absolute Gasteiger partial charge is 0.497 e. The molecule has 3 rings (SSSR count). The maximum Gasteiger partial charge on any atom is 0.243 e. The van der Waals surface area contributed by atoms with Crippen LogP contribution in [0.25, 0.3) is 0 Å². The lowest BCUT2D eigenvalue weighted by molar-refractivity contribution is -0.134. The van der Waals surface area contributed by atoms with Crippen LogP contribution in [0.5, 0.6) is 11.5 Å². The molecule has 0 atom stereocenters. The number of hydrogen-bond donors (Lipinski definition) is 1. The summed E-state index contributed by atoms with van der Waals surface area (Å²) in [5.41, 5.74) is 3.67. The number of methoxy groups -OCH3 is 2. The summed E-state index contributed by atoms with van der Waals surface area (Å²) >= 11 is 0. The monoisotopic (exact) mass is 369 g/mol. The SMILES string of the molecule is COc1ccc(C2=NOC(C)(C)N2NC(=O)Cc2ccccc2)c(OC)c1. The summed E-state index contributed by atoms with van der Waals surface area (Å²) < 4.78 is 10.7. The van der Waals surface area contributed by atoms with Crippen LogP contribution in [-0.2, 0) is 16.1 Å². The lowest BCUT2D eigenvalue weighted by Crippen LogP contribution is -2.55. The highest BCUT2D eigenvalue weighted by Crippen LogP contribution is 2.31. The molecule has 1 N–H and O–H groups in total. The number of nitrogens with one attached hydrogen (secondary N) is 1.